The summed E-state index contributed by atoms with van der Waals surface area (Å²) in [5, 5.41) is 0. The van der Waals surface area contributed by atoms with E-state index in [1.54, 1.807) is 6.20 Å². The van der Waals surface area contributed by atoms with Gasteiger partial charge in [-0.2, -0.15) is 0 Å². The molecular formula is C13H21N3O. The molecule has 1 amide bonds. The second kappa shape index (κ2) is 4.90. The molecule has 0 aromatic carbocycles. The minimum atomic E-state index is 0.0944. The molecule has 1 heterocycles. The molecule has 0 unspecified atom stereocenters. The fourth-order valence-electron chi connectivity index (χ4n) is 2.28. The smallest absolute Gasteiger partial charge is 0.272 e. The number of carbonyl (C=O) groups excluding carboxylic acids is 1. The number of nitrogens with zero attached hydrogens (tertiary/aromatic N) is 2. The van der Waals surface area contributed by atoms with Gasteiger partial charge in [-0.1, -0.05) is 6.92 Å². The van der Waals surface area contributed by atoms with Crippen LogP contribution in [-0.2, 0) is 6.42 Å². The summed E-state index contributed by atoms with van der Waals surface area (Å²) in [7, 11) is 0. The number of rotatable bonds is 4. The molecule has 0 saturated heterocycles. The third-order valence-electron chi connectivity index (χ3n) is 3.45. The molecule has 0 atom stereocenters. The zero-order chi connectivity index (χ0) is 12.4. The number of nitrogens with one attached hydrogen (secondary N) is 1. The number of aryl methyl sites for hydroxylation is 1. The van der Waals surface area contributed by atoms with Crippen molar-refractivity contribution in [1.29, 1.82) is 0 Å². The first kappa shape index (κ1) is 12.1. The van der Waals surface area contributed by atoms with Crippen molar-refractivity contribution in [3.8, 4) is 0 Å². The van der Waals surface area contributed by atoms with Crippen LogP contribution in [0.4, 0.5) is 0 Å². The monoisotopic (exact) mass is 235 g/mol. The van der Waals surface area contributed by atoms with Gasteiger partial charge in [0.25, 0.3) is 5.91 Å². The Labute approximate surface area is 102 Å². The molecule has 2 rings (SSSR count). The molecule has 94 valence electrons. The number of aromatic nitrogens is 2. The average Bonchev–Trinajstić information content (AvgIpc) is 2.70. The van der Waals surface area contributed by atoms with E-state index in [0.29, 0.717) is 11.7 Å². The highest BCUT2D eigenvalue weighted by Crippen LogP contribution is 2.27. The van der Waals surface area contributed by atoms with E-state index < -0.39 is 0 Å². The Balaban J connectivity index is 2.15. The van der Waals surface area contributed by atoms with E-state index in [4.69, 9.17) is 0 Å². The number of aromatic amines is 1. The molecular weight excluding hydrogens is 214 g/mol. The van der Waals surface area contributed by atoms with Crippen LogP contribution in [0.3, 0.4) is 0 Å². The maximum Gasteiger partial charge on any atom is 0.272 e. The Hall–Kier alpha value is -1.32. The maximum atomic E-state index is 12.4. The van der Waals surface area contributed by atoms with Crippen molar-refractivity contribution >= 4 is 5.91 Å². The van der Waals surface area contributed by atoms with Crippen LogP contribution >= 0.6 is 0 Å². The predicted molar refractivity (Wildman–Crippen MR) is 66.9 cm³/mol. The summed E-state index contributed by atoms with van der Waals surface area (Å²) in [6.45, 7) is 6.18. The van der Waals surface area contributed by atoms with Crippen LogP contribution in [0.25, 0.3) is 0 Å². The van der Waals surface area contributed by atoms with Gasteiger partial charge in [0.2, 0.25) is 0 Å². The summed E-state index contributed by atoms with van der Waals surface area (Å²) in [4.78, 5) is 21.7. The van der Waals surface area contributed by atoms with Crippen molar-refractivity contribution in [2.45, 2.75) is 58.5 Å². The van der Waals surface area contributed by atoms with Crippen molar-refractivity contribution in [3.05, 3.63) is 17.7 Å². The van der Waals surface area contributed by atoms with E-state index in [9.17, 15) is 4.79 Å². The molecule has 0 bridgehead atoms. The van der Waals surface area contributed by atoms with Crippen LogP contribution in [0.1, 0.15) is 56.3 Å². The van der Waals surface area contributed by atoms with Gasteiger partial charge in [0.15, 0.2) is 0 Å². The zero-order valence-electron chi connectivity index (χ0n) is 10.9. The van der Waals surface area contributed by atoms with Gasteiger partial charge in [0.05, 0.1) is 6.20 Å². The van der Waals surface area contributed by atoms with Gasteiger partial charge in [-0.05, 0) is 33.1 Å². The minimum Gasteiger partial charge on any atom is -0.338 e. The summed E-state index contributed by atoms with van der Waals surface area (Å²) in [5.41, 5.74) is 0.627. The molecule has 1 aromatic rings. The van der Waals surface area contributed by atoms with Gasteiger partial charge in [-0.3, -0.25) is 4.79 Å². The normalized spacial score (nSPS) is 16.0. The Morgan fingerprint density at radius 3 is 2.71 bits per heavy atom. The Morgan fingerprint density at radius 1 is 1.59 bits per heavy atom. The largest absolute Gasteiger partial charge is 0.338 e. The third-order valence-corrected chi connectivity index (χ3v) is 3.45. The van der Waals surface area contributed by atoms with Gasteiger partial charge < -0.3 is 9.88 Å². The summed E-state index contributed by atoms with van der Waals surface area (Å²) in [5.74, 6) is 0.975. The van der Waals surface area contributed by atoms with E-state index >= 15 is 0 Å². The van der Waals surface area contributed by atoms with E-state index in [1.807, 2.05) is 11.8 Å². The lowest BCUT2D eigenvalue weighted by Gasteiger charge is -2.40. The van der Waals surface area contributed by atoms with E-state index in [2.05, 4.69) is 23.8 Å². The lowest BCUT2D eigenvalue weighted by Crippen LogP contribution is -2.48. The van der Waals surface area contributed by atoms with Crippen LogP contribution in [0.5, 0.6) is 0 Å². The molecule has 17 heavy (non-hydrogen) atoms. The Bertz CT molecular complexity index is 393. The first-order valence-corrected chi connectivity index (χ1v) is 6.50. The summed E-state index contributed by atoms with van der Waals surface area (Å²) < 4.78 is 0. The fraction of sp³-hybridized carbons (Fsp3) is 0.692. The highest BCUT2D eigenvalue weighted by Gasteiger charge is 2.31. The molecule has 4 heteroatoms. The summed E-state index contributed by atoms with van der Waals surface area (Å²) in [6, 6.07) is 0.678. The maximum absolute atomic E-state index is 12.4. The van der Waals surface area contributed by atoms with Crippen molar-refractivity contribution in [3.63, 3.8) is 0 Å². The highest BCUT2D eigenvalue weighted by molar-refractivity contribution is 5.92. The molecule has 1 aromatic heterocycles. The van der Waals surface area contributed by atoms with Crippen molar-refractivity contribution in [2.24, 2.45) is 0 Å². The number of amides is 1. The Morgan fingerprint density at radius 2 is 2.29 bits per heavy atom. The second-order valence-corrected chi connectivity index (χ2v) is 4.99. The van der Waals surface area contributed by atoms with Crippen molar-refractivity contribution < 1.29 is 4.79 Å². The SMILES string of the molecule is CCc1ncc(C(=O)N(C(C)C)C2CCC2)[nH]1. The third kappa shape index (κ3) is 2.35. The Kier molecular flexibility index (Phi) is 3.50. The molecule has 0 spiro atoms. The number of carbonyl (C=O) groups is 1. The van der Waals surface area contributed by atoms with Gasteiger partial charge >= 0.3 is 0 Å². The molecule has 1 saturated carbocycles. The quantitative estimate of drug-likeness (QED) is 0.871. The van der Waals surface area contributed by atoms with Crippen LogP contribution in [0.15, 0.2) is 6.20 Å². The standard InChI is InChI=1S/C13H21N3O/c1-4-12-14-8-11(15-12)13(17)16(9(2)3)10-6-5-7-10/h8-10H,4-7H2,1-3H3,(H,14,15). The van der Waals surface area contributed by atoms with E-state index in [1.165, 1.54) is 6.42 Å². The molecule has 1 fully saturated rings. The van der Waals surface area contributed by atoms with Crippen molar-refractivity contribution in [2.75, 3.05) is 0 Å². The van der Waals surface area contributed by atoms with E-state index in [-0.39, 0.29) is 11.9 Å². The van der Waals surface area contributed by atoms with Crippen LogP contribution < -0.4 is 0 Å². The van der Waals surface area contributed by atoms with Gasteiger partial charge in [0, 0.05) is 18.5 Å². The number of hydrogen-bond donors (Lipinski definition) is 1. The molecule has 0 radical (unpaired) electrons. The molecule has 1 N–H and O–H groups in total. The number of hydrogen-bond acceptors (Lipinski definition) is 2. The topological polar surface area (TPSA) is 49.0 Å². The molecule has 1 aliphatic rings. The summed E-state index contributed by atoms with van der Waals surface area (Å²) >= 11 is 0. The average molecular weight is 235 g/mol. The summed E-state index contributed by atoms with van der Waals surface area (Å²) in [6.07, 6.45) is 6.01. The predicted octanol–water partition coefficient (Wildman–Crippen LogP) is 2.38. The zero-order valence-corrected chi connectivity index (χ0v) is 10.9. The molecule has 1 aliphatic carbocycles. The first-order valence-electron chi connectivity index (χ1n) is 6.50. The van der Waals surface area contributed by atoms with Crippen LogP contribution in [-0.4, -0.2) is 32.9 Å². The molecule has 0 aliphatic heterocycles. The minimum absolute atomic E-state index is 0.0944. The highest BCUT2D eigenvalue weighted by atomic mass is 16.2. The van der Waals surface area contributed by atoms with Crippen LogP contribution in [0.2, 0.25) is 0 Å². The van der Waals surface area contributed by atoms with Gasteiger partial charge in [0.1, 0.15) is 11.5 Å². The first-order chi connectivity index (χ1) is 8.13. The van der Waals surface area contributed by atoms with Gasteiger partial charge in [-0.15, -0.1) is 0 Å². The molecule has 4 nitrogen and oxygen atoms in total. The van der Waals surface area contributed by atoms with Gasteiger partial charge in [-0.25, -0.2) is 4.98 Å². The van der Waals surface area contributed by atoms with E-state index in [0.717, 1.165) is 25.1 Å². The lowest BCUT2D eigenvalue weighted by molar-refractivity contribution is 0.0483. The number of H-pyrrole nitrogens is 1. The fourth-order valence-corrected chi connectivity index (χ4v) is 2.28. The van der Waals surface area contributed by atoms with Crippen molar-refractivity contribution in [1.82, 2.24) is 14.9 Å². The lowest BCUT2D eigenvalue weighted by atomic mass is 9.90. The number of imidazole rings is 1. The second-order valence-electron chi connectivity index (χ2n) is 4.99. The van der Waals surface area contributed by atoms with Crippen LogP contribution in [0, 0.1) is 0 Å².